The molecule has 1 unspecified atom stereocenters. The van der Waals surface area contributed by atoms with E-state index >= 15 is 0 Å². The highest BCUT2D eigenvalue weighted by molar-refractivity contribution is 5.94. The lowest BCUT2D eigenvalue weighted by Gasteiger charge is -2.30. The highest BCUT2D eigenvalue weighted by atomic mass is 16.5. The first kappa shape index (κ1) is 14.9. The number of ether oxygens (including phenoxy) is 1. The first-order valence-electron chi connectivity index (χ1n) is 7.51. The van der Waals surface area contributed by atoms with Crippen molar-refractivity contribution in [2.45, 2.75) is 59.0 Å². The second kappa shape index (κ2) is 5.86. The van der Waals surface area contributed by atoms with E-state index in [0.29, 0.717) is 12.3 Å². The molecule has 1 aliphatic heterocycles. The van der Waals surface area contributed by atoms with E-state index in [1.54, 1.807) is 0 Å². The predicted octanol–water partition coefficient (Wildman–Crippen LogP) is 4.16. The van der Waals surface area contributed by atoms with Crippen molar-refractivity contribution in [2.75, 3.05) is 5.32 Å². The Bertz CT molecular complexity index is 494. The summed E-state index contributed by atoms with van der Waals surface area (Å²) in [6, 6.07) is 6.02. The minimum Gasteiger partial charge on any atom is -0.488 e. The van der Waals surface area contributed by atoms with Crippen LogP contribution in [0.1, 0.15) is 52.5 Å². The number of fused-ring (bicyclic) bond motifs is 1. The second-order valence-corrected chi connectivity index (χ2v) is 6.45. The van der Waals surface area contributed by atoms with Crippen molar-refractivity contribution < 1.29 is 9.53 Å². The lowest BCUT2D eigenvalue weighted by molar-refractivity contribution is -0.116. The zero-order valence-corrected chi connectivity index (χ0v) is 13.0. The fraction of sp³-hybridized carbons (Fsp3) is 0.588. The number of carbonyl (C=O) groups excluding carboxylic acids is 1. The zero-order valence-electron chi connectivity index (χ0n) is 13.0. The number of carbonyl (C=O) groups is 1. The number of benzene rings is 1. The monoisotopic (exact) mass is 275 g/mol. The summed E-state index contributed by atoms with van der Waals surface area (Å²) in [5, 5.41) is 2.92. The fourth-order valence-corrected chi connectivity index (χ4v) is 2.76. The van der Waals surface area contributed by atoms with Crippen LogP contribution in [0.4, 0.5) is 5.69 Å². The number of amides is 1. The van der Waals surface area contributed by atoms with Crippen LogP contribution in [0.5, 0.6) is 5.75 Å². The summed E-state index contributed by atoms with van der Waals surface area (Å²) < 4.78 is 6.12. The van der Waals surface area contributed by atoms with E-state index in [1.807, 2.05) is 12.1 Å². The molecule has 1 atom stereocenters. The number of hydrogen-bond donors (Lipinski definition) is 1. The van der Waals surface area contributed by atoms with Crippen LogP contribution in [-0.2, 0) is 11.2 Å². The molecule has 3 heteroatoms. The molecule has 0 saturated heterocycles. The van der Waals surface area contributed by atoms with Gasteiger partial charge in [0.2, 0.25) is 5.91 Å². The van der Waals surface area contributed by atoms with Crippen LogP contribution in [0.15, 0.2) is 18.2 Å². The number of nitrogens with one attached hydrogen (secondary N) is 1. The van der Waals surface area contributed by atoms with Crippen LogP contribution >= 0.6 is 0 Å². The summed E-state index contributed by atoms with van der Waals surface area (Å²) >= 11 is 0. The van der Waals surface area contributed by atoms with Crippen molar-refractivity contribution in [3.8, 4) is 5.75 Å². The summed E-state index contributed by atoms with van der Waals surface area (Å²) in [6.07, 6.45) is 3.57. The molecule has 0 radical (unpaired) electrons. The van der Waals surface area contributed by atoms with E-state index in [9.17, 15) is 4.79 Å². The molecule has 1 aliphatic rings. The van der Waals surface area contributed by atoms with Gasteiger partial charge in [-0.2, -0.15) is 0 Å². The molecule has 0 fully saturated rings. The summed E-state index contributed by atoms with van der Waals surface area (Å²) in [7, 11) is 0. The van der Waals surface area contributed by atoms with Crippen LogP contribution < -0.4 is 10.1 Å². The zero-order chi connectivity index (χ0) is 14.8. The number of hydrogen-bond acceptors (Lipinski definition) is 2. The van der Waals surface area contributed by atoms with Gasteiger partial charge in [0.05, 0.1) is 0 Å². The van der Waals surface area contributed by atoms with Crippen LogP contribution in [0.2, 0.25) is 0 Å². The highest BCUT2D eigenvalue weighted by Crippen LogP contribution is 2.31. The van der Waals surface area contributed by atoms with Gasteiger partial charge in [0.1, 0.15) is 11.4 Å². The summed E-state index contributed by atoms with van der Waals surface area (Å²) in [6.45, 7) is 8.70. The SMILES string of the molecule is CCC(C)CC(C)(C)Oc1ccc2c(c1)NC(=O)CC2. The molecular formula is C17H25NO2. The van der Waals surface area contributed by atoms with Gasteiger partial charge in [0, 0.05) is 18.2 Å². The minimum atomic E-state index is -0.192. The van der Waals surface area contributed by atoms with Crippen molar-refractivity contribution in [2.24, 2.45) is 5.92 Å². The Morgan fingerprint density at radius 3 is 2.80 bits per heavy atom. The number of rotatable bonds is 5. The third kappa shape index (κ3) is 3.75. The predicted molar refractivity (Wildman–Crippen MR) is 82.2 cm³/mol. The molecule has 3 nitrogen and oxygen atoms in total. The molecule has 110 valence electrons. The van der Waals surface area contributed by atoms with Gasteiger partial charge < -0.3 is 10.1 Å². The van der Waals surface area contributed by atoms with Gasteiger partial charge >= 0.3 is 0 Å². The Morgan fingerprint density at radius 2 is 2.10 bits per heavy atom. The normalized spacial score (nSPS) is 16.3. The summed E-state index contributed by atoms with van der Waals surface area (Å²) in [5.41, 5.74) is 1.90. The molecule has 0 aliphatic carbocycles. The summed E-state index contributed by atoms with van der Waals surface area (Å²) in [5.74, 6) is 1.56. The maximum absolute atomic E-state index is 11.5. The van der Waals surface area contributed by atoms with E-state index in [0.717, 1.165) is 30.7 Å². The van der Waals surface area contributed by atoms with Gasteiger partial charge in [0.25, 0.3) is 0 Å². The smallest absolute Gasteiger partial charge is 0.224 e. The van der Waals surface area contributed by atoms with Gasteiger partial charge in [-0.25, -0.2) is 0 Å². The molecule has 0 bridgehead atoms. The van der Waals surface area contributed by atoms with E-state index in [-0.39, 0.29) is 11.5 Å². The first-order chi connectivity index (χ1) is 9.39. The number of aryl methyl sites for hydroxylation is 1. The highest BCUT2D eigenvalue weighted by Gasteiger charge is 2.23. The molecule has 0 spiro atoms. The maximum atomic E-state index is 11.5. The van der Waals surface area contributed by atoms with E-state index in [2.05, 4.69) is 39.1 Å². The third-order valence-electron chi connectivity index (χ3n) is 3.91. The van der Waals surface area contributed by atoms with Gasteiger partial charge in [-0.15, -0.1) is 0 Å². The van der Waals surface area contributed by atoms with Gasteiger partial charge in [-0.3, -0.25) is 4.79 Å². The molecule has 2 rings (SSSR count). The minimum absolute atomic E-state index is 0.0912. The molecule has 0 aromatic heterocycles. The fourth-order valence-electron chi connectivity index (χ4n) is 2.76. The van der Waals surface area contributed by atoms with Crippen LogP contribution in [0.25, 0.3) is 0 Å². The third-order valence-corrected chi connectivity index (χ3v) is 3.91. The molecule has 1 aromatic rings. The molecule has 1 amide bonds. The van der Waals surface area contributed by atoms with E-state index in [4.69, 9.17) is 4.74 Å². The Balaban J connectivity index is 2.10. The second-order valence-electron chi connectivity index (χ2n) is 6.45. The Labute approximate surface area is 121 Å². The van der Waals surface area contributed by atoms with Gasteiger partial charge in [-0.05, 0) is 44.2 Å². The summed E-state index contributed by atoms with van der Waals surface area (Å²) in [4.78, 5) is 11.5. The van der Waals surface area contributed by atoms with Gasteiger partial charge in [-0.1, -0.05) is 26.3 Å². The van der Waals surface area contributed by atoms with Crippen LogP contribution in [-0.4, -0.2) is 11.5 Å². The Morgan fingerprint density at radius 1 is 1.35 bits per heavy atom. The van der Waals surface area contributed by atoms with Crippen molar-refractivity contribution >= 4 is 11.6 Å². The topological polar surface area (TPSA) is 38.3 Å². The Kier molecular flexibility index (Phi) is 4.36. The number of anilines is 1. The van der Waals surface area contributed by atoms with Crippen molar-refractivity contribution in [3.63, 3.8) is 0 Å². The molecular weight excluding hydrogens is 250 g/mol. The largest absolute Gasteiger partial charge is 0.488 e. The van der Waals surface area contributed by atoms with E-state index in [1.165, 1.54) is 5.56 Å². The molecule has 1 heterocycles. The maximum Gasteiger partial charge on any atom is 0.224 e. The standard InChI is InChI=1S/C17H25NO2/c1-5-12(2)11-17(3,4)20-14-8-6-13-7-9-16(19)18-15(13)10-14/h6,8,10,12H,5,7,9,11H2,1-4H3,(H,18,19). The van der Waals surface area contributed by atoms with E-state index < -0.39 is 0 Å². The average Bonchev–Trinajstić information content (AvgIpc) is 2.37. The molecule has 1 N–H and O–H groups in total. The quantitative estimate of drug-likeness (QED) is 0.876. The molecule has 1 aromatic carbocycles. The van der Waals surface area contributed by atoms with Crippen molar-refractivity contribution in [3.05, 3.63) is 23.8 Å². The lowest BCUT2D eigenvalue weighted by atomic mass is 9.93. The Hall–Kier alpha value is -1.51. The average molecular weight is 275 g/mol. The van der Waals surface area contributed by atoms with Crippen molar-refractivity contribution in [1.29, 1.82) is 0 Å². The lowest BCUT2D eigenvalue weighted by Crippen LogP contribution is -2.30. The molecule has 0 saturated carbocycles. The molecule has 20 heavy (non-hydrogen) atoms. The van der Waals surface area contributed by atoms with Crippen LogP contribution in [0.3, 0.4) is 0 Å². The van der Waals surface area contributed by atoms with Gasteiger partial charge in [0.15, 0.2) is 0 Å². The van der Waals surface area contributed by atoms with Crippen LogP contribution in [0, 0.1) is 5.92 Å². The first-order valence-corrected chi connectivity index (χ1v) is 7.51. The van der Waals surface area contributed by atoms with Crippen molar-refractivity contribution in [1.82, 2.24) is 0 Å².